The Hall–Kier alpha value is -0.860. The summed E-state index contributed by atoms with van der Waals surface area (Å²) in [5, 5.41) is 0. The van der Waals surface area contributed by atoms with Crippen LogP contribution in [0.5, 0.6) is 0 Å². The lowest BCUT2D eigenvalue weighted by atomic mass is 10.1. The van der Waals surface area contributed by atoms with Gasteiger partial charge < -0.3 is 9.53 Å². The Bertz CT molecular complexity index is 151. The molecule has 0 unspecified atom stereocenters. The summed E-state index contributed by atoms with van der Waals surface area (Å²) < 4.78 is 4.61. The van der Waals surface area contributed by atoms with Crippen molar-refractivity contribution >= 4 is 11.8 Å². The van der Waals surface area contributed by atoms with E-state index in [9.17, 15) is 9.59 Å². The molecule has 0 aromatic rings. The summed E-state index contributed by atoms with van der Waals surface area (Å²) >= 11 is 0. The number of hydrogen-bond acceptors (Lipinski definition) is 3. The third kappa shape index (κ3) is 22.5. The molecule has 0 saturated heterocycles. The second kappa shape index (κ2) is 8.73. The molecule has 14 heavy (non-hydrogen) atoms. The second-order valence-electron chi connectivity index (χ2n) is 3.96. The molecule has 0 aliphatic heterocycles. The Kier molecular flexibility index (Phi) is 9.73. The van der Waals surface area contributed by atoms with Crippen LogP contribution < -0.4 is 0 Å². The molecule has 0 saturated carbocycles. The van der Waals surface area contributed by atoms with Crippen LogP contribution in [0.15, 0.2) is 0 Å². The number of rotatable bonds is 3. The molecule has 0 radical (unpaired) electrons. The fourth-order valence-corrected chi connectivity index (χ4v) is 0.907. The van der Waals surface area contributed by atoms with Gasteiger partial charge in [0.25, 0.3) is 0 Å². The highest BCUT2D eigenvalue weighted by molar-refractivity contribution is 5.75. The van der Waals surface area contributed by atoms with E-state index < -0.39 is 0 Å². The molecule has 0 aliphatic carbocycles. The summed E-state index contributed by atoms with van der Waals surface area (Å²) in [7, 11) is 0. The first kappa shape index (κ1) is 15.6. The lowest BCUT2D eigenvalue weighted by molar-refractivity contribution is -0.144. The highest BCUT2D eigenvalue weighted by Gasteiger charge is 1.95. The highest BCUT2D eigenvalue weighted by atomic mass is 16.5. The molecule has 0 bridgehead atoms. The Morgan fingerprint density at radius 2 is 1.50 bits per heavy atom. The monoisotopic (exact) mass is 202 g/mol. The summed E-state index contributed by atoms with van der Waals surface area (Å²) in [6, 6.07) is 0. The van der Waals surface area contributed by atoms with E-state index in [2.05, 4.69) is 4.74 Å². The van der Waals surface area contributed by atoms with Crippen molar-refractivity contribution in [1.29, 1.82) is 0 Å². The van der Waals surface area contributed by atoms with E-state index in [1.165, 1.54) is 6.92 Å². The van der Waals surface area contributed by atoms with Crippen LogP contribution in [-0.4, -0.2) is 17.9 Å². The zero-order valence-corrected chi connectivity index (χ0v) is 10.1. The lowest BCUT2D eigenvalue weighted by Gasteiger charge is -2.01. The van der Waals surface area contributed by atoms with Gasteiger partial charge in [0.05, 0.1) is 6.10 Å². The van der Waals surface area contributed by atoms with Crippen LogP contribution in [0, 0.1) is 5.92 Å². The molecule has 0 rings (SSSR count). The molecular weight excluding hydrogens is 180 g/mol. The van der Waals surface area contributed by atoms with Crippen LogP contribution >= 0.6 is 0 Å². The first-order valence-corrected chi connectivity index (χ1v) is 4.92. The van der Waals surface area contributed by atoms with E-state index in [-0.39, 0.29) is 17.9 Å². The average Bonchev–Trinajstić information content (AvgIpc) is 1.79. The van der Waals surface area contributed by atoms with Crippen molar-refractivity contribution in [3.63, 3.8) is 0 Å². The fraction of sp³-hybridized carbons (Fsp3) is 0.818. The van der Waals surface area contributed by atoms with Gasteiger partial charge in [0.15, 0.2) is 0 Å². The standard InChI is InChI=1S/C6H12O.C5H10O2/c1-5(2)4-6(3)7;1-4(2)7-5(3)6/h5H,4H2,1-3H3;4H,1-3H3. The smallest absolute Gasteiger partial charge is 0.302 e. The number of ether oxygens (including phenoxy) is 1. The lowest BCUT2D eigenvalue weighted by Crippen LogP contribution is -2.06. The van der Waals surface area contributed by atoms with Crippen molar-refractivity contribution in [1.82, 2.24) is 0 Å². The minimum absolute atomic E-state index is 0.0255. The molecule has 0 amide bonds. The SMILES string of the molecule is CC(=O)CC(C)C.CC(=O)OC(C)C. The third-order valence-corrected chi connectivity index (χ3v) is 1.10. The van der Waals surface area contributed by atoms with Gasteiger partial charge in [0, 0.05) is 13.3 Å². The van der Waals surface area contributed by atoms with Crippen molar-refractivity contribution in [2.75, 3.05) is 0 Å². The van der Waals surface area contributed by atoms with Gasteiger partial charge in [0.2, 0.25) is 0 Å². The summed E-state index contributed by atoms with van der Waals surface area (Å²) in [6.45, 7) is 10.8. The Balaban J connectivity index is 0. The van der Waals surface area contributed by atoms with Gasteiger partial charge in [0.1, 0.15) is 5.78 Å². The molecular formula is C11H22O3. The van der Waals surface area contributed by atoms with Gasteiger partial charge >= 0.3 is 5.97 Å². The minimum Gasteiger partial charge on any atom is -0.463 e. The van der Waals surface area contributed by atoms with Crippen molar-refractivity contribution in [2.45, 2.75) is 54.1 Å². The molecule has 0 atom stereocenters. The summed E-state index contributed by atoms with van der Waals surface area (Å²) in [5.74, 6) is 0.600. The van der Waals surface area contributed by atoms with Crippen molar-refractivity contribution in [3.05, 3.63) is 0 Å². The van der Waals surface area contributed by atoms with Crippen molar-refractivity contribution < 1.29 is 14.3 Å². The quantitative estimate of drug-likeness (QED) is 0.661. The number of Topliss-reactive ketones (excluding diaryl/α,β-unsaturated/α-hetero) is 1. The average molecular weight is 202 g/mol. The topological polar surface area (TPSA) is 43.4 Å². The van der Waals surface area contributed by atoms with E-state index in [0.29, 0.717) is 5.92 Å². The Labute approximate surface area is 86.8 Å². The predicted octanol–water partition coefficient (Wildman–Crippen LogP) is 2.58. The van der Waals surface area contributed by atoms with Crippen molar-refractivity contribution in [3.8, 4) is 0 Å². The van der Waals surface area contributed by atoms with Gasteiger partial charge in [-0.3, -0.25) is 4.79 Å². The summed E-state index contributed by atoms with van der Waals surface area (Å²) in [6.07, 6.45) is 0.748. The largest absolute Gasteiger partial charge is 0.463 e. The van der Waals surface area contributed by atoms with Gasteiger partial charge in [-0.05, 0) is 26.7 Å². The summed E-state index contributed by atoms with van der Waals surface area (Å²) in [5.41, 5.74) is 0. The molecule has 0 aromatic carbocycles. The predicted molar refractivity (Wildman–Crippen MR) is 57.0 cm³/mol. The van der Waals surface area contributed by atoms with Gasteiger partial charge in [-0.15, -0.1) is 0 Å². The molecule has 84 valence electrons. The highest BCUT2D eigenvalue weighted by Crippen LogP contribution is 1.97. The molecule has 0 N–H and O–H groups in total. The molecule has 0 heterocycles. The third-order valence-electron chi connectivity index (χ3n) is 1.10. The van der Waals surface area contributed by atoms with E-state index >= 15 is 0 Å². The second-order valence-corrected chi connectivity index (χ2v) is 3.96. The van der Waals surface area contributed by atoms with E-state index in [0.717, 1.165) is 6.42 Å². The summed E-state index contributed by atoms with van der Waals surface area (Å²) in [4.78, 5) is 20.3. The van der Waals surface area contributed by atoms with Gasteiger partial charge in [-0.1, -0.05) is 13.8 Å². The zero-order chi connectivity index (χ0) is 11.7. The maximum absolute atomic E-state index is 10.3. The van der Waals surface area contributed by atoms with Crippen LogP contribution in [0.2, 0.25) is 0 Å². The first-order chi connectivity index (χ1) is 6.25. The van der Waals surface area contributed by atoms with Crippen LogP contribution in [-0.2, 0) is 14.3 Å². The van der Waals surface area contributed by atoms with Crippen LogP contribution in [0.4, 0.5) is 0 Å². The zero-order valence-electron chi connectivity index (χ0n) is 10.1. The van der Waals surface area contributed by atoms with Crippen molar-refractivity contribution in [2.24, 2.45) is 5.92 Å². The number of hydrogen-bond donors (Lipinski definition) is 0. The van der Waals surface area contributed by atoms with Gasteiger partial charge in [-0.25, -0.2) is 0 Å². The maximum atomic E-state index is 10.3. The van der Waals surface area contributed by atoms with E-state index in [1.54, 1.807) is 6.92 Å². The molecule has 3 nitrogen and oxygen atoms in total. The van der Waals surface area contributed by atoms with E-state index in [1.807, 2.05) is 27.7 Å². The van der Waals surface area contributed by atoms with Crippen LogP contribution in [0.1, 0.15) is 48.0 Å². The van der Waals surface area contributed by atoms with Gasteiger partial charge in [-0.2, -0.15) is 0 Å². The minimum atomic E-state index is -0.213. The number of carbonyl (C=O) groups is 2. The Morgan fingerprint density at radius 3 is 1.50 bits per heavy atom. The number of ketones is 1. The van der Waals surface area contributed by atoms with Crippen LogP contribution in [0.3, 0.4) is 0 Å². The maximum Gasteiger partial charge on any atom is 0.302 e. The van der Waals surface area contributed by atoms with Crippen LogP contribution in [0.25, 0.3) is 0 Å². The molecule has 0 aliphatic rings. The Morgan fingerprint density at radius 1 is 1.07 bits per heavy atom. The first-order valence-electron chi connectivity index (χ1n) is 4.92. The molecule has 0 spiro atoms. The molecule has 0 fully saturated rings. The number of carbonyl (C=O) groups excluding carboxylic acids is 2. The number of esters is 1. The fourth-order valence-electron chi connectivity index (χ4n) is 0.907. The molecule has 0 aromatic heterocycles. The van der Waals surface area contributed by atoms with E-state index in [4.69, 9.17) is 0 Å². The normalized spacial score (nSPS) is 9.43. The molecule has 3 heteroatoms.